The van der Waals surface area contributed by atoms with Crippen molar-refractivity contribution in [3.63, 3.8) is 0 Å². The number of likely N-dealkylation sites (tertiary alicyclic amines) is 1. The minimum atomic E-state index is -0.748. The van der Waals surface area contributed by atoms with Gasteiger partial charge in [0.15, 0.2) is 5.60 Å². The van der Waals surface area contributed by atoms with Crippen LogP contribution in [-0.4, -0.2) is 47.0 Å². The van der Waals surface area contributed by atoms with Crippen LogP contribution in [0.1, 0.15) is 88.3 Å². The summed E-state index contributed by atoms with van der Waals surface area (Å²) in [5, 5.41) is 23.9. The first-order valence-corrected chi connectivity index (χ1v) is 14.9. The van der Waals surface area contributed by atoms with E-state index in [1.54, 1.807) is 0 Å². The van der Waals surface area contributed by atoms with Gasteiger partial charge < -0.3 is 14.7 Å². The van der Waals surface area contributed by atoms with Crippen molar-refractivity contribution in [3.8, 4) is 22.9 Å². The number of oxime groups is 1. The molecule has 41 heavy (non-hydrogen) atoms. The molecule has 1 saturated heterocycles. The number of carboxylic acid groups (broad SMARTS) is 1. The third-order valence-electron chi connectivity index (χ3n) is 8.80. The summed E-state index contributed by atoms with van der Waals surface area (Å²) >= 11 is 0. The average molecular weight is 556 g/mol. The molecule has 2 aromatic carbocycles. The molecule has 2 heterocycles. The Morgan fingerprint density at radius 2 is 2.02 bits per heavy atom. The van der Waals surface area contributed by atoms with Crippen LogP contribution in [0.2, 0.25) is 0 Å². The van der Waals surface area contributed by atoms with Gasteiger partial charge in [0, 0.05) is 37.2 Å². The van der Waals surface area contributed by atoms with Crippen molar-refractivity contribution in [1.29, 1.82) is 5.26 Å². The monoisotopic (exact) mass is 555 g/mol. The molecule has 1 unspecified atom stereocenters. The minimum Gasteiger partial charge on any atom is -0.493 e. The van der Waals surface area contributed by atoms with Gasteiger partial charge in [-0.2, -0.15) is 5.26 Å². The van der Waals surface area contributed by atoms with Crippen LogP contribution in [0.4, 0.5) is 0 Å². The number of ether oxygens (including phenoxy) is 1. The summed E-state index contributed by atoms with van der Waals surface area (Å²) in [6.45, 7) is 13.0. The zero-order chi connectivity index (χ0) is 29.2. The second kappa shape index (κ2) is 11.7. The molecule has 3 aliphatic rings. The van der Waals surface area contributed by atoms with E-state index in [9.17, 15) is 15.2 Å². The number of hydrogen-bond acceptors (Lipinski definition) is 6. The van der Waals surface area contributed by atoms with Gasteiger partial charge in [0.25, 0.3) is 0 Å². The van der Waals surface area contributed by atoms with E-state index in [-0.39, 0.29) is 5.60 Å². The number of nitrogens with zero attached hydrogens (tertiary/aromatic N) is 3. The van der Waals surface area contributed by atoms with E-state index in [0.29, 0.717) is 43.8 Å². The SMILES string of the molecule is C=C(CCC(C)(CCC)C(=O)O)C1=NOC2(C1)CN(Cc1cc(OCC)c(-c3ccccc3C#N)c(C3CC3)c1)C2. The van der Waals surface area contributed by atoms with Crippen LogP contribution in [0.5, 0.6) is 5.75 Å². The summed E-state index contributed by atoms with van der Waals surface area (Å²) in [7, 11) is 0. The van der Waals surface area contributed by atoms with Gasteiger partial charge >= 0.3 is 5.97 Å². The van der Waals surface area contributed by atoms with Crippen LogP contribution >= 0.6 is 0 Å². The molecule has 2 aliphatic heterocycles. The Hall–Kier alpha value is -3.63. The predicted octanol–water partition coefficient (Wildman–Crippen LogP) is 7.06. The van der Waals surface area contributed by atoms with Crippen molar-refractivity contribution in [2.45, 2.75) is 83.8 Å². The first kappa shape index (κ1) is 28.9. The van der Waals surface area contributed by atoms with Gasteiger partial charge in [-0.25, -0.2) is 0 Å². The highest BCUT2D eigenvalue weighted by atomic mass is 16.7. The summed E-state index contributed by atoms with van der Waals surface area (Å²) in [6, 6.07) is 14.6. The maximum absolute atomic E-state index is 11.8. The van der Waals surface area contributed by atoms with Crippen molar-refractivity contribution >= 4 is 11.7 Å². The molecule has 0 aromatic heterocycles. The molecule has 1 aliphatic carbocycles. The molecule has 0 radical (unpaired) electrons. The number of aliphatic carboxylic acids is 1. The van der Waals surface area contributed by atoms with Crippen LogP contribution in [0, 0.1) is 16.7 Å². The molecule has 7 nitrogen and oxygen atoms in total. The molecule has 7 heteroatoms. The van der Waals surface area contributed by atoms with E-state index in [1.165, 1.54) is 11.1 Å². The standard InChI is InChI=1S/C34H41N3O4/c1-5-14-33(4,32(38)39)15-13-23(3)29-18-34(41-36-29)21-37(22-34)20-24-16-28(25-11-12-25)31(30(17-24)40-6-2)27-10-8-7-9-26(27)19-35/h7-10,16-17,25H,3,5-6,11-15,18,20-22H2,1-2,4H3,(H,38,39). The molecular weight excluding hydrogens is 514 g/mol. The minimum absolute atomic E-state index is 0.328. The molecule has 1 spiro atoms. The number of hydrogen-bond donors (Lipinski definition) is 1. The largest absolute Gasteiger partial charge is 0.493 e. The fraction of sp³-hybridized carbons (Fsp3) is 0.500. The Kier molecular flexibility index (Phi) is 8.24. The Morgan fingerprint density at radius 1 is 1.27 bits per heavy atom. The lowest BCUT2D eigenvalue weighted by Gasteiger charge is -2.45. The molecular formula is C34H41N3O4. The highest BCUT2D eigenvalue weighted by Crippen LogP contribution is 2.49. The first-order valence-electron chi connectivity index (χ1n) is 14.9. The van der Waals surface area contributed by atoms with Gasteiger partial charge in [0.05, 0.1) is 29.4 Å². The molecule has 0 bridgehead atoms. The summed E-state index contributed by atoms with van der Waals surface area (Å²) in [5.41, 5.74) is 5.83. The molecule has 1 N–H and O–H groups in total. The van der Waals surface area contributed by atoms with Gasteiger partial charge in [0.2, 0.25) is 0 Å². The van der Waals surface area contributed by atoms with Crippen molar-refractivity contribution < 1.29 is 19.5 Å². The maximum Gasteiger partial charge on any atom is 0.309 e. The number of allylic oxidation sites excluding steroid dienone is 1. The normalized spacial score (nSPS) is 19.0. The summed E-state index contributed by atoms with van der Waals surface area (Å²) in [4.78, 5) is 20.1. The zero-order valence-corrected chi connectivity index (χ0v) is 24.5. The molecule has 0 amide bonds. The topological polar surface area (TPSA) is 95.2 Å². The summed E-state index contributed by atoms with van der Waals surface area (Å²) in [6.07, 6.45) is 5.67. The zero-order valence-electron chi connectivity index (χ0n) is 24.5. The van der Waals surface area contributed by atoms with Crippen LogP contribution in [0.3, 0.4) is 0 Å². The molecule has 1 saturated carbocycles. The average Bonchev–Trinajstić information content (AvgIpc) is 3.69. The van der Waals surface area contributed by atoms with E-state index in [4.69, 9.17) is 9.57 Å². The van der Waals surface area contributed by atoms with Crippen LogP contribution in [-0.2, 0) is 16.2 Å². The lowest BCUT2D eigenvalue weighted by molar-refractivity contribution is -0.148. The number of rotatable bonds is 13. The summed E-state index contributed by atoms with van der Waals surface area (Å²) in [5.74, 6) is 0.599. The quantitative estimate of drug-likeness (QED) is 0.284. The van der Waals surface area contributed by atoms with E-state index in [2.05, 4.69) is 34.8 Å². The lowest BCUT2D eigenvalue weighted by Crippen LogP contribution is -2.61. The van der Waals surface area contributed by atoms with Crippen molar-refractivity contribution in [2.24, 2.45) is 10.6 Å². The fourth-order valence-corrected chi connectivity index (χ4v) is 6.34. The molecule has 216 valence electrons. The number of benzene rings is 2. The first-order chi connectivity index (χ1) is 19.7. The van der Waals surface area contributed by atoms with E-state index < -0.39 is 11.4 Å². The van der Waals surface area contributed by atoms with Crippen molar-refractivity contribution in [2.75, 3.05) is 19.7 Å². The smallest absolute Gasteiger partial charge is 0.309 e. The predicted molar refractivity (Wildman–Crippen MR) is 160 cm³/mol. The fourth-order valence-electron chi connectivity index (χ4n) is 6.34. The molecule has 5 rings (SSSR count). The Morgan fingerprint density at radius 3 is 2.68 bits per heavy atom. The molecule has 2 fully saturated rings. The highest BCUT2D eigenvalue weighted by molar-refractivity contribution is 6.01. The Labute approximate surface area is 243 Å². The van der Waals surface area contributed by atoms with Crippen LogP contribution < -0.4 is 4.74 Å². The Bertz CT molecular complexity index is 1400. The van der Waals surface area contributed by atoms with Gasteiger partial charge in [0.1, 0.15) is 5.75 Å². The van der Waals surface area contributed by atoms with E-state index in [1.807, 2.05) is 45.0 Å². The van der Waals surface area contributed by atoms with Gasteiger partial charge in [-0.3, -0.25) is 9.69 Å². The number of carboxylic acids is 1. The Balaban J connectivity index is 1.25. The van der Waals surface area contributed by atoms with Gasteiger partial charge in [-0.05, 0) is 80.7 Å². The second-order valence-electron chi connectivity index (χ2n) is 12.3. The van der Waals surface area contributed by atoms with E-state index in [0.717, 1.165) is 67.1 Å². The summed E-state index contributed by atoms with van der Waals surface area (Å²) < 4.78 is 6.18. The van der Waals surface area contributed by atoms with Crippen molar-refractivity contribution in [3.05, 3.63) is 65.2 Å². The highest BCUT2D eigenvalue weighted by Gasteiger charge is 2.50. The van der Waals surface area contributed by atoms with Crippen LogP contribution in [0.15, 0.2) is 53.7 Å². The third-order valence-corrected chi connectivity index (χ3v) is 8.80. The third kappa shape index (κ3) is 6.04. The number of nitriles is 1. The molecule has 2 aromatic rings. The van der Waals surface area contributed by atoms with Gasteiger partial charge in [-0.1, -0.05) is 49.3 Å². The molecule has 1 atom stereocenters. The van der Waals surface area contributed by atoms with E-state index >= 15 is 0 Å². The van der Waals surface area contributed by atoms with Crippen LogP contribution in [0.25, 0.3) is 11.1 Å². The second-order valence-corrected chi connectivity index (χ2v) is 12.3. The lowest BCUT2D eigenvalue weighted by atomic mass is 9.79. The number of carbonyl (C=O) groups is 1. The van der Waals surface area contributed by atoms with Gasteiger partial charge in [-0.15, -0.1) is 0 Å². The van der Waals surface area contributed by atoms with Crippen molar-refractivity contribution in [1.82, 2.24) is 4.90 Å². The maximum atomic E-state index is 11.8.